The summed E-state index contributed by atoms with van der Waals surface area (Å²) in [5.74, 6) is -19.0. The molecule has 0 amide bonds. The monoisotopic (exact) mass is 766 g/mol. The summed E-state index contributed by atoms with van der Waals surface area (Å²) >= 11 is 0. The number of rotatable bonds is 10. The highest BCUT2D eigenvalue weighted by Gasteiger charge is 2.96. The molecule has 0 aliphatic heterocycles. The third-order valence-corrected chi connectivity index (χ3v) is 12.2. The second-order valence-corrected chi connectivity index (χ2v) is 15.9. The maximum Gasteiger partial charge on any atom is 0.393 e. The topological polar surface area (TPSA) is 9.23 Å². The Labute approximate surface area is 283 Å². The molecule has 0 heterocycles. The van der Waals surface area contributed by atoms with E-state index in [9.17, 15) is 70.2 Å². The Morgan fingerprint density at radius 2 is 0.660 bits per heavy atom. The number of ether oxygens (including phenoxy) is 1. The van der Waals surface area contributed by atoms with Gasteiger partial charge in [-0.25, -0.2) is 52.7 Å². The predicted octanol–water partition coefficient (Wildman–Crippen LogP) is 13.7. The normalized spacial score (nSPS) is 34.1. The van der Waals surface area contributed by atoms with Gasteiger partial charge in [-0.05, 0) is 65.7 Å². The van der Waals surface area contributed by atoms with E-state index in [1.165, 1.54) is 34.6 Å². The molecule has 4 bridgehead atoms. The van der Waals surface area contributed by atoms with Crippen LogP contribution in [0.2, 0.25) is 0 Å². The minimum Gasteiger partial charge on any atom is -0.250 e. The van der Waals surface area contributed by atoms with Crippen LogP contribution < -0.4 is 0 Å². The highest BCUT2D eigenvalue weighted by molar-refractivity contribution is 5.32. The van der Waals surface area contributed by atoms with Gasteiger partial charge in [-0.15, -0.1) is 0 Å². The van der Waals surface area contributed by atoms with E-state index in [1.54, 1.807) is 0 Å². The summed E-state index contributed by atoms with van der Waals surface area (Å²) in [5, 5.41) is 0. The van der Waals surface area contributed by atoms with Crippen LogP contribution in [0.1, 0.15) is 128 Å². The number of alkyl halides is 16. The van der Waals surface area contributed by atoms with Crippen LogP contribution in [0.5, 0.6) is 0 Å². The van der Waals surface area contributed by atoms with Crippen molar-refractivity contribution in [3.05, 3.63) is 0 Å². The van der Waals surface area contributed by atoms with Crippen LogP contribution in [0.3, 0.4) is 0 Å². The SMILES string of the molecule is CC12CC3(C)CC(C)(C1)C(F)(F)C(C)(C2(F)F)C3(F)F.CCC(C)(F)C(F)(F)OC(F)(F)C(C)(F)CC.CCC(CC)(C(C)(F)F)C(C)(F)F. The molecule has 300 valence electrons. The molecule has 0 spiro atoms. The number of hydrogen-bond donors (Lipinski definition) is 0. The van der Waals surface area contributed by atoms with Crippen molar-refractivity contribution in [2.45, 2.75) is 181 Å². The minimum atomic E-state index is -4.77. The molecule has 0 N–H and O–H groups in total. The van der Waals surface area contributed by atoms with Crippen molar-refractivity contribution in [2.75, 3.05) is 0 Å². The standard InChI is InChI=1S/C14H18F6.C10H16F6O.C9H16F4/c1-8-5-9(2)7-10(3,6-8)14(19,20)11(4,12(8,15)16)13(9,17)18;1-5-7(3,11)9(13,14)17-10(15,16)8(4,12)6-2;1-5-9(6-2,7(3,10)11)8(4,12)13/h5-7H2,1-4H3;5-6H2,1-4H3;5-6H2,1-4H3. The molecule has 0 aromatic carbocycles. The number of halogens is 16. The summed E-state index contributed by atoms with van der Waals surface area (Å²) in [5.41, 5.74) is -17.8. The van der Waals surface area contributed by atoms with Crippen molar-refractivity contribution in [3.8, 4) is 0 Å². The number of hydrogen-bond acceptors (Lipinski definition) is 1. The van der Waals surface area contributed by atoms with Crippen molar-refractivity contribution in [1.29, 1.82) is 0 Å². The van der Waals surface area contributed by atoms with E-state index >= 15 is 0 Å². The third-order valence-electron chi connectivity index (χ3n) is 12.2. The van der Waals surface area contributed by atoms with E-state index in [2.05, 4.69) is 4.74 Å². The molecule has 2 unspecified atom stereocenters. The van der Waals surface area contributed by atoms with Crippen molar-refractivity contribution in [2.24, 2.45) is 27.1 Å². The lowest BCUT2D eigenvalue weighted by Gasteiger charge is -2.75. The molecule has 17 heteroatoms. The Hall–Kier alpha value is -1.16. The lowest BCUT2D eigenvalue weighted by Crippen LogP contribution is -2.85. The Morgan fingerprint density at radius 3 is 0.800 bits per heavy atom. The van der Waals surface area contributed by atoms with E-state index in [-0.39, 0.29) is 12.8 Å². The van der Waals surface area contributed by atoms with Crippen LogP contribution in [-0.2, 0) is 4.74 Å². The summed E-state index contributed by atoms with van der Waals surface area (Å²) in [6.45, 7) is 10.8. The highest BCUT2D eigenvalue weighted by atomic mass is 19.3. The summed E-state index contributed by atoms with van der Waals surface area (Å²) in [7, 11) is 0. The van der Waals surface area contributed by atoms with E-state index < -0.39 is 112 Å². The molecular formula is C33H50F16O. The average molecular weight is 767 g/mol. The van der Waals surface area contributed by atoms with E-state index in [0.717, 1.165) is 13.8 Å². The van der Waals surface area contributed by atoms with Gasteiger partial charge in [-0.1, -0.05) is 48.5 Å². The maximum atomic E-state index is 14.6. The van der Waals surface area contributed by atoms with Gasteiger partial charge in [0, 0.05) is 30.1 Å². The smallest absolute Gasteiger partial charge is 0.250 e. The van der Waals surface area contributed by atoms with Crippen LogP contribution in [0, 0.1) is 27.1 Å². The highest BCUT2D eigenvalue weighted by Crippen LogP contribution is 2.86. The van der Waals surface area contributed by atoms with Gasteiger partial charge < -0.3 is 0 Å². The van der Waals surface area contributed by atoms with E-state index in [1.807, 2.05) is 0 Å². The Balaban J connectivity index is 0.000000386. The molecular weight excluding hydrogens is 716 g/mol. The largest absolute Gasteiger partial charge is 0.393 e. The first-order chi connectivity index (χ1) is 21.6. The van der Waals surface area contributed by atoms with Crippen LogP contribution >= 0.6 is 0 Å². The average Bonchev–Trinajstić information content (AvgIpc) is 2.89. The van der Waals surface area contributed by atoms with Crippen LogP contribution in [0.15, 0.2) is 0 Å². The Bertz CT molecular complexity index is 1070. The first-order valence-electron chi connectivity index (χ1n) is 16.3. The van der Waals surface area contributed by atoms with Gasteiger partial charge in [0.1, 0.15) is 0 Å². The first kappa shape index (κ1) is 46.9. The van der Waals surface area contributed by atoms with Gasteiger partial charge in [0.15, 0.2) is 16.8 Å². The summed E-state index contributed by atoms with van der Waals surface area (Å²) in [6, 6.07) is 0. The predicted molar refractivity (Wildman–Crippen MR) is 156 cm³/mol. The van der Waals surface area contributed by atoms with Crippen molar-refractivity contribution in [1.82, 2.24) is 0 Å². The first-order valence-corrected chi connectivity index (χ1v) is 16.3. The summed E-state index contributed by atoms with van der Waals surface area (Å²) < 4.78 is 222. The lowest BCUT2D eigenvalue weighted by atomic mass is 9.32. The van der Waals surface area contributed by atoms with Gasteiger partial charge in [-0.3, -0.25) is 4.74 Å². The van der Waals surface area contributed by atoms with E-state index in [4.69, 9.17) is 0 Å². The molecule has 1 nitrogen and oxygen atoms in total. The lowest BCUT2D eigenvalue weighted by molar-refractivity contribution is -0.484. The summed E-state index contributed by atoms with van der Waals surface area (Å²) in [6.07, 6.45) is -12.7. The second kappa shape index (κ2) is 12.7. The van der Waals surface area contributed by atoms with Crippen LogP contribution in [0.4, 0.5) is 70.2 Å². The Kier molecular flexibility index (Phi) is 11.9. The fraction of sp³-hybridized carbons (Fsp3) is 1.00. The zero-order valence-corrected chi connectivity index (χ0v) is 30.4. The molecule has 50 heavy (non-hydrogen) atoms. The van der Waals surface area contributed by atoms with Gasteiger partial charge in [-0.2, -0.15) is 17.6 Å². The van der Waals surface area contributed by atoms with Crippen molar-refractivity contribution in [3.63, 3.8) is 0 Å². The fourth-order valence-corrected chi connectivity index (χ4v) is 8.50. The molecule has 2 atom stereocenters. The molecule has 0 saturated heterocycles. The molecule has 0 aromatic rings. The zero-order chi connectivity index (χ0) is 40.7. The second-order valence-electron chi connectivity index (χ2n) is 15.9. The van der Waals surface area contributed by atoms with Gasteiger partial charge in [0.25, 0.3) is 29.6 Å². The molecule has 4 saturated carbocycles. The summed E-state index contributed by atoms with van der Waals surface area (Å²) in [4.78, 5) is 0. The van der Waals surface area contributed by atoms with E-state index in [0.29, 0.717) is 34.6 Å². The molecule has 0 aromatic heterocycles. The molecule has 4 rings (SSSR count). The molecule has 4 aliphatic carbocycles. The maximum absolute atomic E-state index is 14.6. The Morgan fingerprint density at radius 1 is 0.440 bits per heavy atom. The van der Waals surface area contributed by atoms with Gasteiger partial charge in [0.2, 0.25) is 0 Å². The molecule has 0 radical (unpaired) electrons. The molecule has 4 fully saturated rings. The van der Waals surface area contributed by atoms with Crippen molar-refractivity contribution >= 4 is 0 Å². The van der Waals surface area contributed by atoms with Crippen molar-refractivity contribution < 1.29 is 75.0 Å². The van der Waals surface area contributed by atoms with Crippen LogP contribution in [0.25, 0.3) is 0 Å². The third kappa shape index (κ3) is 6.32. The van der Waals surface area contributed by atoms with Gasteiger partial charge >= 0.3 is 12.2 Å². The van der Waals surface area contributed by atoms with Gasteiger partial charge in [0.05, 0.1) is 5.41 Å². The van der Waals surface area contributed by atoms with Crippen LogP contribution in [-0.4, -0.2) is 53.2 Å². The zero-order valence-electron chi connectivity index (χ0n) is 30.4. The minimum absolute atomic E-state index is 0.226. The quantitative estimate of drug-likeness (QED) is 0.201. The molecule has 4 aliphatic rings. The fourth-order valence-electron chi connectivity index (χ4n) is 8.50.